The number of ether oxygens (including phenoxy) is 1. The number of sulfonamides is 1. The van der Waals surface area contributed by atoms with Crippen molar-refractivity contribution in [2.24, 2.45) is 0 Å². The highest BCUT2D eigenvalue weighted by molar-refractivity contribution is 7.89. The Morgan fingerprint density at radius 2 is 1.83 bits per heavy atom. The fraction of sp³-hybridized carbons (Fsp3) is 0.385. The van der Waals surface area contributed by atoms with Gasteiger partial charge in [0.15, 0.2) is 0 Å². The molecule has 0 aliphatic carbocycles. The molecule has 0 spiro atoms. The number of nitrogens with zero attached hydrogens (tertiary/aromatic N) is 3. The van der Waals surface area contributed by atoms with Crippen LogP contribution in [0.15, 0.2) is 64.4 Å². The molecule has 1 aliphatic heterocycles. The first kappa shape index (κ1) is 25.9. The van der Waals surface area contributed by atoms with Gasteiger partial charge in [0, 0.05) is 57.0 Å². The molecule has 3 aromatic rings. The number of fused-ring (bicyclic) bond motifs is 1. The molecule has 1 N–H and O–H groups in total. The molecule has 2 aromatic carbocycles. The number of hydrogen-bond acceptors (Lipinski definition) is 6. The lowest BCUT2D eigenvalue weighted by Gasteiger charge is -2.26. The van der Waals surface area contributed by atoms with Crippen molar-refractivity contribution in [2.45, 2.75) is 24.8 Å². The number of rotatable bonds is 9. The van der Waals surface area contributed by atoms with Gasteiger partial charge >= 0.3 is 0 Å². The predicted octanol–water partition coefficient (Wildman–Crippen LogP) is 2.30. The Bertz CT molecular complexity index is 1380. The Kier molecular flexibility index (Phi) is 8.07. The maximum absolute atomic E-state index is 13.3. The van der Waals surface area contributed by atoms with Crippen molar-refractivity contribution in [1.29, 1.82) is 0 Å². The highest BCUT2D eigenvalue weighted by Gasteiger charge is 2.27. The normalized spacial score (nSPS) is 14.6. The van der Waals surface area contributed by atoms with Crippen LogP contribution in [0.4, 0.5) is 5.69 Å². The number of nitrogens with one attached hydrogen (secondary N) is 1. The second-order valence-electron chi connectivity index (χ2n) is 8.72. The maximum atomic E-state index is 13.3. The van der Waals surface area contributed by atoms with Gasteiger partial charge in [0.25, 0.3) is 5.91 Å². The number of anilines is 1. The predicted molar refractivity (Wildman–Crippen MR) is 140 cm³/mol. The largest absolute Gasteiger partial charge is 0.379 e. The van der Waals surface area contributed by atoms with Crippen LogP contribution in [-0.4, -0.2) is 69.6 Å². The number of hydrogen-bond donors (Lipinski definition) is 1. The Morgan fingerprint density at radius 3 is 2.53 bits per heavy atom. The molecule has 2 heterocycles. The van der Waals surface area contributed by atoms with E-state index in [4.69, 9.17) is 4.74 Å². The minimum atomic E-state index is -3.77. The van der Waals surface area contributed by atoms with Gasteiger partial charge in [0.05, 0.1) is 23.6 Å². The van der Waals surface area contributed by atoms with E-state index in [9.17, 15) is 18.0 Å². The summed E-state index contributed by atoms with van der Waals surface area (Å²) in [6.45, 7) is 4.78. The topological polar surface area (TPSA) is 101 Å². The molecule has 0 bridgehead atoms. The first-order valence-electron chi connectivity index (χ1n) is 12.1. The quantitative estimate of drug-likeness (QED) is 0.442. The van der Waals surface area contributed by atoms with Crippen LogP contribution in [0.2, 0.25) is 0 Å². The average molecular weight is 513 g/mol. The molecule has 0 atom stereocenters. The second-order valence-corrected chi connectivity index (χ2v) is 10.7. The number of carbonyl (C=O) groups excluding carboxylic acids is 1. The van der Waals surface area contributed by atoms with E-state index in [-0.39, 0.29) is 28.9 Å². The number of morpholine rings is 1. The highest BCUT2D eigenvalue weighted by Crippen LogP contribution is 2.22. The summed E-state index contributed by atoms with van der Waals surface area (Å²) in [6.07, 6.45) is 2.25. The van der Waals surface area contributed by atoms with Crippen LogP contribution >= 0.6 is 0 Å². The van der Waals surface area contributed by atoms with Crippen LogP contribution in [0.1, 0.15) is 23.7 Å². The third kappa shape index (κ3) is 5.45. The van der Waals surface area contributed by atoms with Gasteiger partial charge in [-0.3, -0.25) is 9.59 Å². The van der Waals surface area contributed by atoms with E-state index >= 15 is 0 Å². The summed E-state index contributed by atoms with van der Waals surface area (Å²) >= 11 is 0. The standard InChI is InChI=1S/C26H32N4O5S/c1-3-29-19-23(26(32)27-12-7-13-28(2)20-8-5-4-6-9-20)25(31)22-18-21(10-11-24(22)29)36(33,34)30-14-16-35-17-15-30/h4-6,8-11,18-19H,3,7,12-17H2,1-2H3,(H,27,32). The van der Waals surface area contributed by atoms with Crippen LogP contribution in [0.25, 0.3) is 10.9 Å². The van der Waals surface area contributed by atoms with Gasteiger partial charge in [-0.1, -0.05) is 18.2 Å². The molecule has 36 heavy (non-hydrogen) atoms. The van der Waals surface area contributed by atoms with Crippen molar-refractivity contribution < 1.29 is 17.9 Å². The molecule has 1 fully saturated rings. The lowest BCUT2D eigenvalue weighted by molar-refractivity contribution is 0.0730. The van der Waals surface area contributed by atoms with Crippen molar-refractivity contribution in [3.05, 3.63) is 70.5 Å². The van der Waals surface area contributed by atoms with Crippen molar-refractivity contribution >= 4 is 32.5 Å². The van der Waals surface area contributed by atoms with Gasteiger partial charge in [-0.15, -0.1) is 0 Å². The van der Waals surface area contributed by atoms with Crippen molar-refractivity contribution in [3.8, 4) is 0 Å². The van der Waals surface area contributed by atoms with E-state index in [1.165, 1.54) is 16.4 Å². The van der Waals surface area contributed by atoms with E-state index < -0.39 is 21.4 Å². The Balaban J connectivity index is 1.53. The van der Waals surface area contributed by atoms with Crippen LogP contribution < -0.4 is 15.6 Å². The summed E-state index contributed by atoms with van der Waals surface area (Å²) in [6, 6.07) is 14.5. The molecular weight excluding hydrogens is 480 g/mol. The summed E-state index contributed by atoms with van der Waals surface area (Å²) in [5.74, 6) is -0.465. The van der Waals surface area contributed by atoms with Gasteiger partial charge in [-0.2, -0.15) is 4.31 Å². The lowest BCUT2D eigenvalue weighted by Crippen LogP contribution is -2.40. The number of pyridine rings is 1. The van der Waals surface area contributed by atoms with Crippen LogP contribution in [-0.2, 0) is 21.3 Å². The monoisotopic (exact) mass is 512 g/mol. The summed E-state index contributed by atoms with van der Waals surface area (Å²) in [5, 5.41) is 3.05. The van der Waals surface area contributed by atoms with E-state index in [0.29, 0.717) is 38.2 Å². The van der Waals surface area contributed by atoms with Crippen molar-refractivity contribution in [2.75, 3.05) is 51.3 Å². The first-order valence-corrected chi connectivity index (χ1v) is 13.6. The molecule has 0 saturated carbocycles. The molecule has 1 aromatic heterocycles. The number of para-hydroxylation sites is 1. The van der Waals surface area contributed by atoms with Crippen molar-refractivity contribution in [1.82, 2.24) is 14.2 Å². The number of aromatic nitrogens is 1. The molecular formula is C26H32N4O5S. The first-order chi connectivity index (χ1) is 17.3. The lowest BCUT2D eigenvalue weighted by atomic mass is 10.1. The fourth-order valence-electron chi connectivity index (χ4n) is 4.32. The molecule has 9 nitrogen and oxygen atoms in total. The average Bonchev–Trinajstić information content (AvgIpc) is 2.92. The van der Waals surface area contributed by atoms with Crippen molar-refractivity contribution in [3.63, 3.8) is 0 Å². The molecule has 1 saturated heterocycles. The zero-order chi connectivity index (χ0) is 25.7. The molecule has 192 valence electrons. The van der Waals surface area contributed by atoms with Crippen LogP contribution in [0.5, 0.6) is 0 Å². The molecule has 0 radical (unpaired) electrons. The van der Waals surface area contributed by atoms with E-state index in [2.05, 4.69) is 10.2 Å². The van der Waals surface area contributed by atoms with Gasteiger partial charge in [0.2, 0.25) is 15.5 Å². The smallest absolute Gasteiger partial charge is 0.256 e. The number of carbonyl (C=O) groups is 1. The van der Waals surface area contributed by atoms with Gasteiger partial charge in [-0.05, 0) is 43.7 Å². The molecule has 1 amide bonds. The van der Waals surface area contributed by atoms with E-state index in [1.807, 2.05) is 44.3 Å². The fourth-order valence-corrected chi connectivity index (χ4v) is 5.76. The minimum absolute atomic E-state index is 0.00156. The maximum Gasteiger partial charge on any atom is 0.256 e. The van der Waals surface area contributed by atoms with Gasteiger partial charge < -0.3 is 19.5 Å². The molecule has 4 rings (SSSR count). The zero-order valence-electron chi connectivity index (χ0n) is 20.6. The summed E-state index contributed by atoms with van der Waals surface area (Å²) < 4.78 is 34.7. The molecule has 10 heteroatoms. The Labute approximate surface area is 211 Å². The Hall–Kier alpha value is -3.21. The third-order valence-electron chi connectivity index (χ3n) is 6.40. The molecule has 1 aliphatic rings. The van der Waals surface area contributed by atoms with Gasteiger partial charge in [-0.25, -0.2) is 8.42 Å². The zero-order valence-corrected chi connectivity index (χ0v) is 21.5. The van der Waals surface area contributed by atoms with Gasteiger partial charge in [0.1, 0.15) is 5.56 Å². The molecule has 0 unspecified atom stereocenters. The number of amides is 1. The summed E-state index contributed by atoms with van der Waals surface area (Å²) in [5.41, 5.74) is 1.20. The Morgan fingerprint density at radius 1 is 1.11 bits per heavy atom. The summed E-state index contributed by atoms with van der Waals surface area (Å²) in [7, 11) is -1.78. The number of benzene rings is 2. The minimum Gasteiger partial charge on any atom is -0.379 e. The number of aryl methyl sites for hydroxylation is 1. The highest BCUT2D eigenvalue weighted by atomic mass is 32.2. The SMILES string of the molecule is CCn1cc(C(=O)NCCCN(C)c2ccccc2)c(=O)c2cc(S(=O)(=O)N3CCOCC3)ccc21. The van der Waals surface area contributed by atoms with E-state index in [0.717, 1.165) is 12.2 Å². The second kappa shape index (κ2) is 11.2. The third-order valence-corrected chi connectivity index (χ3v) is 8.29. The summed E-state index contributed by atoms with van der Waals surface area (Å²) in [4.78, 5) is 28.4. The van der Waals surface area contributed by atoms with Crippen LogP contribution in [0, 0.1) is 0 Å². The van der Waals surface area contributed by atoms with Crippen LogP contribution in [0.3, 0.4) is 0 Å². The van der Waals surface area contributed by atoms with E-state index in [1.54, 1.807) is 16.8 Å².